The lowest BCUT2D eigenvalue weighted by Gasteiger charge is -2.16. The first-order valence-corrected chi connectivity index (χ1v) is 6.64. The van der Waals surface area contributed by atoms with Crippen molar-refractivity contribution in [2.24, 2.45) is 13.0 Å². The molecule has 2 atom stereocenters. The van der Waals surface area contributed by atoms with Gasteiger partial charge in [-0.15, -0.1) is 0 Å². The van der Waals surface area contributed by atoms with E-state index in [9.17, 15) is 4.79 Å². The van der Waals surface area contributed by atoms with Crippen LogP contribution in [0.25, 0.3) is 0 Å². The van der Waals surface area contributed by atoms with Gasteiger partial charge in [-0.3, -0.25) is 9.48 Å². The Hall–Kier alpha value is -2.08. The monoisotopic (exact) mass is 275 g/mol. The molecule has 6 heteroatoms. The van der Waals surface area contributed by atoms with E-state index >= 15 is 0 Å². The standard InChI is InChI=1S/C14H17N3O3/c1-17-9-10(7-16-17)13-12(4-6-20-13)14(18)15-8-11-3-2-5-19-11/h2-3,5,7,9,12-13H,4,6,8H2,1H3,(H,15,18)/t12-,13+/m0/s1. The molecule has 6 nitrogen and oxygen atoms in total. The van der Waals surface area contributed by atoms with E-state index in [4.69, 9.17) is 9.15 Å². The van der Waals surface area contributed by atoms with Crippen molar-refractivity contribution in [3.63, 3.8) is 0 Å². The molecule has 2 aromatic rings. The summed E-state index contributed by atoms with van der Waals surface area (Å²) in [5.74, 6) is 0.567. The molecule has 3 heterocycles. The Balaban J connectivity index is 1.64. The summed E-state index contributed by atoms with van der Waals surface area (Å²) in [4.78, 5) is 12.3. The van der Waals surface area contributed by atoms with E-state index in [1.54, 1.807) is 23.2 Å². The predicted octanol–water partition coefficient (Wildman–Crippen LogP) is 1.41. The summed E-state index contributed by atoms with van der Waals surface area (Å²) in [6.07, 6.45) is 5.76. The van der Waals surface area contributed by atoms with Gasteiger partial charge in [0.25, 0.3) is 0 Å². The highest BCUT2D eigenvalue weighted by atomic mass is 16.5. The average molecular weight is 275 g/mol. The van der Waals surface area contributed by atoms with Crippen LogP contribution in [0.4, 0.5) is 0 Å². The Labute approximate surface area is 116 Å². The molecule has 0 radical (unpaired) electrons. The zero-order chi connectivity index (χ0) is 13.9. The molecule has 2 aromatic heterocycles. The fourth-order valence-corrected chi connectivity index (χ4v) is 2.49. The highest BCUT2D eigenvalue weighted by Gasteiger charge is 2.35. The van der Waals surface area contributed by atoms with Crippen molar-refractivity contribution >= 4 is 5.91 Å². The minimum absolute atomic E-state index is 0.00671. The molecule has 1 amide bonds. The van der Waals surface area contributed by atoms with Gasteiger partial charge < -0.3 is 14.5 Å². The Morgan fingerprint density at radius 1 is 1.60 bits per heavy atom. The normalized spacial score (nSPS) is 22.1. The highest BCUT2D eigenvalue weighted by Crippen LogP contribution is 2.34. The Bertz CT molecular complexity index is 576. The number of ether oxygens (including phenoxy) is 1. The van der Waals surface area contributed by atoms with E-state index in [1.807, 2.05) is 19.3 Å². The maximum absolute atomic E-state index is 12.3. The van der Waals surface area contributed by atoms with Crippen molar-refractivity contribution in [2.45, 2.75) is 19.1 Å². The second kappa shape index (κ2) is 5.50. The van der Waals surface area contributed by atoms with Gasteiger partial charge in [-0.05, 0) is 18.6 Å². The summed E-state index contributed by atoms with van der Waals surface area (Å²) in [7, 11) is 1.85. The zero-order valence-corrected chi connectivity index (χ0v) is 11.3. The van der Waals surface area contributed by atoms with Crippen LogP contribution >= 0.6 is 0 Å². The number of furan rings is 1. The number of carbonyl (C=O) groups is 1. The number of rotatable bonds is 4. The molecule has 0 bridgehead atoms. The lowest BCUT2D eigenvalue weighted by Crippen LogP contribution is -2.31. The van der Waals surface area contributed by atoms with Gasteiger partial charge in [0.15, 0.2) is 0 Å². The smallest absolute Gasteiger partial charge is 0.226 e. The van der Waals surface area contributed by atoms with Gasteiger partial charge in [0.05, 0.1) is 31.0 Å². The molecule has 0 spiro atoms. The third kappa shape index (κ3) is 2.60. The molecule has 0 aliphatic carbocycles. The first-order chi connectivity index (χ1) is 9.74. The number of amides is 1. The number of aryl methyl sites for hydroxylation is 1. The molecule has 0 aromatic carbocycles. The van der Waals surface area contributed by atoms with Crippen LogP contribution in [0.5, 0.6) is 0 Å². The highest BCUT2D eigenvalue weighted by molar-refractivity contribution is 5.79. The molecule has 0 unspecified atom stereocenters. The van der Waals surface area contributed by atoms with Crippen LogP contribution in [0.3, 0.4) is 0 Å². The SMILES string of the molecule is Cn1cc([C@H]2OCC[C@@H]2C(=O)NCc2ccco2)cn1. The maximum atomic E-state index is 12.3. The van der Waals surface area contributed by atoms with E-state index in [0.717, 1.165) is 17.7 Å². The average Bonchev–Trinajstić information content (AvgIpc) is 3.16. The first kappa shape index (κ1) is 12.9. The Morgan fingerprint density at radius 3 is 3.20 bits per heavy atom. The summed E-state index contributed by atoms with van der Waals surface area (Å²) in [6.45, 7) is 1.00. The number of aromatic nitrogens is 2. The van der Waals surface area contributed by atoms with Crippen LogP contribution in [0.1, 0.15) is 23.8 Å². The van der Waals surface area contributed by atoms with Gasteiger partial charge in [0, 0.05) is 25.4 Å². The van der Waals surface area contributed by atoms with E-state index in [2.05, 4.69) is 10.4 Å². The second-order valence-corrected chi connectivity index (χ2v) is 4.93. The van der Waals surface area contributed by atoms with E-state index in [1.165, 1.54) is 0 Å². The predicted molar refractivity (Wildman–Crippen MR) is 70.6 cm³/mol. The molecular formula is C14H17N3O3. The van der Waals surface area contributed by atoms with Gasteiger partial charge >= 0.3 is 0 Å². The summed E-state index contributed by atoms with van der Waals surface area (Å²) >= 11 is 0. The second-order valence-electron chi connectivity index (χ2n) is 4.93. The maximum Gasteiger partial charge on any atom is 0.226 e. The number of hydrogen-bond acceptors (Lipinski definition) is 4. The van der Waals surface area contributed by atoms with Gasteiger partial charge in [-0.1, -0.05) is 0 Å². The minimum Gasteiger partial charge on any atom is -0.467 e. The van der Waals surface area contributed by atoms with Crippen molar-refractivity contribution in [3.05, 3.63) is 42.1 Å². The van der Waals surface area contributed by atoms with Gasteiger partial charge in [-0.25, -0.2) is 0 Å². The minimum atomic E-state index is -0.208. The molecule has 1 fully saturated rings. The lowest BCUT2D eigenvalue weighted by atomic mass is 9.96. The third-order valence-corrected chi connectivity index (χ3v) is 3.50. The van der Waals surface area contributed by atoms with Gasteiger partial charge in [-0.2, -0.15) is 5.10 Å². The van der Waals surface area contributed by atoms with Gasteiger partial charge in [0.2, 0.25) is 5.91 Å². The summed E-state index contributed by atoms with van der Waals surface area (Å²) in [6, 6.07) is 3.64. The summed E-state index contributed by atoms with van der Waals surface area (Å²) < 4.78 is 12.6. The molecule has 20 heavy (non-hydrogen) atoms. The van der Waals surface area contributed by atoms with Crippen molar-refractivity contribution in [1.29, 1.82) is 0 Å². The molecule has 3 rings (SSSR count). The molecule has 1 N–H and O–H groups in total. The number of hydrogen-bond donors (Lipinski definition) is 1. The molecular weight excluding hydrogens is 258 g/mol. The van der Waals surface area contributed by atoms with Crippen LogP contribution in [0.2, 0.25) is 0 Å². The quantitative estimate of drug-likeness (QED) is 0.916. The topological polar surface area (TPSA) is 69.3 Å². The van der Waals surface area contributed by atoms with Gasteiger partial charge in [0.1, 0.15) is 5.76 Å². The van der Waals surface area contributed by atoms with Crippen LogP contribution in [-0.4, -0.2) is 22.3 Å². The first-order valence-electron chi connectivity index (χ1n) is 6.64. The molecule has 1 aliphatic heterocycles. The molecule has 0 saturated carbocycles. The lowest BCUT2D eigenvalue weighted by molar-refractivity contribution is -0.127. The van der Waals surface area contributed by atoms with Crippen molar-refractivity contribution < 1.29 is 13.9 Å². The fourth-order valence-electron chi connectivity index (χ4n) is 2.49. The third-order valence-electron chi connectivity index (χ3n) is 3.50. The number of carbonyl (C=O) groups excluding carboxylic acids is 1. The van der Waals surface area contributed by atoms with Crippen LogP contribution < -0.4 is 5.32 Å². The van der Waals surface area contributed by atoms with E-state index in [-0.39, 0.29) is 17.9 Å². The molecule has 106 valence electrons. The zero-order valence-electron chi connectivity index (χ0n) is 11.3. The van der Waals surface area contributed by atoms with Crippen molar-refractivity contribution in [2.75, 3.05) is 6.61 Å². The van der Waals surface area contributed by atoms with Crippen LogP contribution in [0.15, 0.2) is 35.2 Å². The van der Waals surface area contributed by atoms with Crippen molar-refractivity contribution in [1.82, 2.24) is 15.1 Å². The number of nitrogens with one attached hydrogen (secondary N) is 1. The Morgan fingerprint density at radius 2 is 2.50 bits per heavy atom. The summed E-state index contributed by atoms with van der Waals surface area (Å²) in [5, 5.41) is 7.03. The largest absolute Gasteiger partial charge is 0.467 e. The van der Waals surface area contributed by atoms with E-state index in [0.29, 0.717) is 13.2 Å². The Kier molecular flexibility index (Phi) is 3.56. The van der Waals surface area contributed by atoms with Crippen LogP contribution in [-0.2, 0) is 23.1 Å². The van der Waals surface area contributed by atoms with E-state index < -0.39 is 0 Å². The summed E-state index contributed by atoms with van der Waals surface area (Å²) in [5.41, 5.74) is 0.947. The van der Waals surface area contributed by atoms with Crippen LogP contribution in [0, 0.1) is 5.92 Å². The molecule has 1 aliphatic rings. The van der Waals surface area contributed by atoms with Crippen molar-refractivity contribution in [3.8, 4) is 0 Å². The molecule has 1 saturated heterocycles. The fraction of sp³-hybridized carbons (Fsp3) is 0.429. The number of nitrogens with zero attached hydrogens (tertiary/aromatic N) is 2.